The van der Waals surface area contributed by atoms with E-state index in [1.54, 1.807) is 24.3 Å². The Morgan fingerprint density at radius 1 is 1.06 bits per heavy atom. The predicted octanol–water partition coefficient (Wildman–Crippen LogP) is 2.13. The first-order valence-electron chi connectivity index (χ1n) is 5.01. The average molecular weight is 222 g/mol. The fourth-order valence-electron chi connectivity index (χ4n) is 2.07. The molecule has 0 aliphatic carbocycles. The van der Waals surface area contributed by atoms with Crippen molar-refractivity contribution in [1.29, 1.82) is 0 Å². The largest absolute Gasteiger partial charge is 0.386 e. The summed E-state index contributed by atoms with van der Waals surface area (Å²) >= 11 is 0. The maximum Gasteiger partial charge on any atom is 0.347 e. The number of esters is 2. The molecule has 2 aromatic carbocycles. The second kappa shape index (κ2) is 3.19. The summed E-state index contributed by atoms with van der Waals surface area (Å²) < 4.78 is 4.67. The molecule has 0 unspecified atom stereocenters. The molecule has 0 radical (unpaired) electrons. The molecule has 1 aliphatic rings. The van der Waals surface area contributed by atoms with Crippen LogP contribution in [0, 0.1) is 12.3 Å². The summed E-state index contributed by atoms with van der Waals surface area (Å²) in [5.74, 6) is 1.14. The van der Waals surface area contributed by atoms with Gasteiger partial charge in [0.15, 0.2) is 0 Å². The van der Waals surface area contributed by atoms with Crippen molar-refractivity contribution in [1.82, 2.24) is 0 Å². The third kappa shape index (κ3) is 1.18. The van der Waals surface area contributed by atoms with Crippen LogP contribution in [0.25, 0.3) is 10.8 Å². The van der Waals surface area contributed by atoms with E-state index in [2.05, 4.69) is 10.7 Å². The molecule has 3 heteroatoms. The zero-order chi connectivity index (χ0) is 12.0. The normalized spacial score (nSPS) is 13.4. The Morgan fingerprint density at radius 3 is 2.65 bits per heavy atom. The molecule has 0 fully saturated rings. The highest BCUT2D eigenvalue weighted by Crippen LogP contribution is 2.30. The van der Waals surface area contributed by atoms with Gasteiger partial charge < -0.3 is 4.74 Å². The number of terminal acetylenes is 1. The Balaban J connectivity index is 2.59. The van der Waals surface area contributed by atoms with Crippen LogP contribution >= 0.6 is 0 Å². The van der Waals surface area contributed by atoms with Gasteiger partial charge in [0.25, 0.3) is 0 Å². The molecular formula is C14H6O3. The van der Waals surface area contributed by atoms with Gasteiger partial charge in [-0.3, -0.25) is 0 Å². The zero-order valence-corrected chi connectivity index (χ0v) is 8.69. The van der Waals surface area contributed by atoms with Gasteiger partial charge in [0.1, 0.15) is 0 Å². The van der Waals surface area contributed by atoms with Gasteiger partial charge in [-0.15, -0.1) is 6.42 Å². The Labute approximate surface area is 97.0 Å². The van der Waals surface area contributed by atoms with E-state index in [0.717, 1.165) is 5.39 Å². The van der Waals surface area contributed by atoms with E-state index in [1.807, 2.05) is 6.07 Å². The number of rotatable bonds is 0. The lowest BCUT2D eigenvalue weighted by molar-refractivity contribution is 0.0391. The van der Waals surface area contributed by atoms with Gasteiger partial charge in [0.05, 0.1) is 11.1 Å². The minimum atomic E-state index is -0.674. The van der Waals surface area contributed by atoms with E-state index in [4.69, 9.17) is 6.42 Å². The van der Waals surface area contributed by atoms with E-state index >= 15 is 0 Å². The van der Waals surface area contributed by atoms with Crippen LogP contribution in [0.15, 0.2) is 30.3 Å². The van der Waals surface area contributed by atoms with Crippen molar-refractivity contribution in [2.75, 3.05) is 0 Å². The lowest BCUT2D eigenvalue weighted by atomic mass is 9.94. The molecule has 0 saturated heterocycles. The van der Waals surface area contributed by atoms with Crippen LogP contribution in [0.3, 0.4) is 0 Å². The monoisotopic (exact) mass is 222 g/mol. The second-order valence-electron chi connectivity index (χ2n) is 3.71. The van der Waals surface area contributed by atoms with Crippen molar-refractivity contribution in [2.45, 2.75) is 0 Å². The first-order valence-corrected chi connectivity index (χ1v) is 5.01. The van der Waals surface area contributed by atoms with Gasteiger partial charge in [-0.1, -0.05) is 24.1 Å². The molecule has 0 spiro atoms. The van der Waals surface area contributed by atoms with Gasteiger partial charge in [0.2, 0.25) is 0 Å². The molecular weight excluding hydrogens is 216 g/mol. The Hall–Kier alpha value is -2.60. The van der Waals surface area contributed by atoms with E-state index in [-0.39, 0.29) is 0 Å². The third-order valence-corrected chi connectivity index (χ3v) is 2.81. The van der Waals surface area contributed by atoms with Crippen LogP contribution < -0.4 is 0 Å². The average Bonchev–Trinajstić information content (AvgIpc) is 2.35. The van der Waals surface area contributed by atoms with Crippen molar-refractivity contribution in [3.63, 3.8) is 0 Å². The van der Waals surface area contributed by atoms with Crippen molar-refractivity contribution in [2.24, 2.45) is 0 Å². The summed E-state index contributed by atoms with van der Waals surface area (Å²) in [7, 11) is 0. The highest BCUT2D eigenvalue weighted by molar-refractivity contribution is 6.21. The van der Waals surface area contributed by atoms with Crippen molar-refractivity contribution in [3.05, 3.63) is 47.0 Å². The topological polar surface area (TPSA) is 43.4 Å². The molecule has 1 heterocycles. The highest BCUT2D eigenvalue weighted by Gasteiger charge is 2.28. The minimum absolute atomic E-state index is 0.306. The van der Waals surface area contributed by atoms with E-state index in [9.17, 15) is 9.59 Å². The van der Waals surface area contributed by atoms with E-state index in [0.29, 0.717) is 22.1 Å². The maximum absolute atomic E-state index is 11.7. The lowest BCUT2D eigenvalue weighted by Crippen LogP contribution is -2.20. The summed E-state index contributed by atoms with van der Waals surface area (Å²) in [4.78, 5) is 23.3. The summed E-state index contributed by atoms with van der Waals surface area (Å²) in [6, 6.07) is 8.67. The molecule has 17 heavy (non-hydrogen) atoms. The number of carbonyl (C=O) groups is 2. The Bertz CT molecular complexity index is 720. The fraction of sp³-hybridized carbons (Fsp3) is 0. The first kappa shape index (κ1) is 9.61. The van der Waals surface area contributed by atoms with Crippen LogP contribution in [0.2, 0.25) is 0 Å². The molecule has 2 aromatic rings. The van der Waals surface area contributed by atoms with Crippen molar-refractivity contribution >= 4 is 22.7 Å². The van der Waals surface area contributed by atoms with Crippen LogP contribution in [0.1, 0.15) is 26.3 Å². The third-order valence-electron chi connectivity index (χ3n) is 2.81. The number of hydrogen-bond donors (Lipinski definition) is 0. The maximum atomic E-state index is 11.7. The standard InChI is InChI=1S/C14H6O3/c1-2-8-6-7-9-4-3-5-10-11(9)12(8)14(16)17-13(10)15/h1,3-7H. The SMILES string of the molecule is C#Cc1ccc2cccc3c2c1C(=O)OC3=O. The predicted molar refractivity (Wildman–Crippen MR) is 61.6 cm³/mol. The lowest BCUT2D eigenvalue weighted by Gasteiger charge is -2.16. The zero-order valence-electron chi connectivity index (χ0n) is 8.69. The summed E-state index contributed by atoms with van der Waals surface area (Å²) in [5, 5.41) is 1.39. The van der Waals surface area contributed by atoms with Gasteiger partial charge in [-0.2, -0.15) is 0 Å². The molecule has 0 saturated carbocycles. The van der Waals surface area contributed by atoms with E-state index < -0.39 is 11.9 Å². The molecule has 0 bridgehead atoms. The fourth-order valence-corrected chi connectivity index (χ4v) is 2.07. The van der Waals surface area contributed by atoms with Crippen molar-refractivity contribution < 1.29 is 14.3 Å². The number of hydrogen-bond acceptors (Lipinski definition) is 3. The molecule has 80 valence electrons. The molecule has 0 aromatic heterocycles. The van der Waals surface area contributed by atoms with E-state index in [1.165, 1.54) is 0 Å². The molecule has 3 rings (SSSR count). The molecule has 3 nitrogen and oxygen atoms in total. The highest BCUT2D eigenvalue weighted by atomic mass is 16.6. The summed E-state index contributed by atoms with van der Waals surface area (Å²) in [6.07, 6.45) is 5.35. The second-order valence-corrected chi connectivity index (χ2v) is 3.71. The van der Waals surface area contributed by atoms with Crippen LogP contribution in [-0.2, 0) is 4.74 Å². The van der Waals surface area contributed by atoms with Gasteiger partial charge in [-0.05, 0) is 17.5 Å². The van der Waals surface area contributed by atoms with Crippen LogP contribution in [-0.4, -0.2) is 11.9 Å². The number of cyclic esters (lactones) is 2. The molecule has 0 N–H and O–H groups in total. The molecule has 0 atom stereocenters. The van der Waals surface area contributed by atoms with Gasteiger partial charge in [-0.25, -0.2) is 9.59 Å². The minimum Gasteiger partial charge on any atom is -0.386 e. The molecule has 1 aliphatic heterocycles. The Morgan fingerprint density at radius 2 is 1.88 bits per heavy atom. The van der Waals surface area contributed by atoms with Crippen molar-refractivity contribution in [3.8, 4) is 12.3 Å². The van der Waals surface area contributed by atoms with Crippen LogP contribution in [0.4, 0.5) is 0 Å². The smallest absolute Gasteiger partial charge is 0.347 e. The summed E-state index contributed by atoms with van der Waals surface area (Å²) in [6.45, 7) is 0. The first-order chi connectivity index (χ1) is 8.22. The quantitative estimate of drug-likeness (QED) is 0.389. The van der Waals surface area contributed by atoms with Crippen LogP contribution in [0.5, 0.6) is 0 Å². The number of carbonyl (C=O) groups excluding carboxylic acids is 2. The summed E-state index contributed by atoms with van der Waals surface area (Å²) in [5.41, 5.74) is 1.14. The van der Waals surface area contributed by atoms with Gasteiger partial charge >= 0.3 is 11.9 Å². The molecule has 0 amide bonds. The Kier molecular flexibility index (Phi) is 1.81. The van der Waals surface area contributed by atoms with Gasteiger partial charge in [0, 0.05) is 10.9 Å². The number of benzene rings is 2. The number of ether oxygens (including phenoxy) is 1.